The van der Waals surface area contributed by atoms with E-state index in [1.807, 2.05) is 48.7 Å². The molecular formula is C13H14N6S. The third-order valence-corrected chi connectivity index (χ3v) is 3.53. The van der Waals surface area contributed by atoms with Gasteiger partial charge in [-0.05, 0) is 37.7 Å². The molecule has 0 unspecified atom stereocenters. The standard InChI is InChI=1S/C13H14N6S/c1-3-14-10-8-12(16-9(2)15-10)20-13-18-17-11-6-4-5-7-19(11)13/h4-8H,3H2,1-2H3,(H,14,15,16). The van der Waals surface area contributed by atoms with Gasteiger partial charge in [0, 0.05) is 18.8 Å². The van der Waals surface area contributed by atoms with E-state index >= 15 is 0 Å². The number of hydrogen-bond acceptors (Lipinski definition) is 6. The van der Waals surface area contributed by atoms with Gasteiger partial charge in [0.05, 0.1) is 0 Å². The molecular weight excluding hydrogens is 272 g/mol. The minimum atomic E-state index is 0.736. The number of aromatic nitrogens is 5. The maximum atomic E-state index is 4.43. The predicted octanol–water partition coefficient (Wildman–Crippen LogP) is 2.41. The Morgan fingerprint density at radius 3 is 3.00 bits per heavy atom. The Bertz CT molecular complexity index is 739. The molecule has 3 aromatic heterocycles. The maximum Gasteiger partial charge on any atom is 0.201 e. The van der Waals surface area contributed by atoms with E-state index in [0.29, 0.717) is 0 Å². The minimum absolute atomic E-state index is 0.736. The zero-order chi connectivity index (χ0) is 13.9. The highest BCUT2D eigenvalue weighted by molar-refractivity contribution is 7.99. The first-order chi connectivity index (χ1) is 9.76. The molecule has 0 amide bonds. The van der Waals surface area contributed by atoms with Crippen molar-refractivity contribution in [1.82, 2.24) is 24.6 Å². The van der Waals surface area contributed by atoms with Crippen LogP contribution in [0.15, 0.2) is 40.6 Å². The fourth-order valence-electron chi connectivity index (χ4n) is 1.85. The van der Waals surface area contributed by atoms with Gasteiger partial charge < -0.3 is 5.32 Å². The van der Waals surface area contributed by atoms with E-state index in [9.17, 15) is 0 Å². The molecule has 102 valence electrons. The van der Waals surface area contributed by atoms with E-state index < -0.39 is 0 Å². The third kappa shape index (κ3) is 2.57. The largest absolute Gasteiger partial charge is 0.370 e. The van der Waals surface area contributed by atoms with E-state index in [1.54, 1.807) is 0 Å². The van der Waals surface area contributed by atoms with Crippen LogP contribution in [0.5, 0.6) is 0 Å². The Labute approximate surface area is 120 Å². The van der Waals surface area contributed by atoms with E-state index in [2.05, 4.69) is 25.5 Å². The second-order valence-electron chi connectivity index (χ2n) is 4.18. The first-order valence-electron chi connectivity index (χ1n) is 6.33. The van der Waals surface area contributed by atoms with Crippen LogP contribution in [-0.4, -0.2) is 31.1 Å². The summed E-state index contributed by atoms with van der Waals surface area (Å²) in [6, 6.07) is 7.74. The number of nitrogens with one attached hydrogen (secondary N) is 1. The number of anilines is 1. The first-order valence-corrected chi connectivity index (χ1v) is 7.15. The highest BCUT2D eigenvalue weighted by Gasteiger charge is 2.09. The molecule has 0 aliphatic rings. The van der Waals surface area contributed by atoms with Crippen LogP contribution in [0.2, 0.25) is 0 Å². The van der Waals surface area contributed by atoms with Gasteiger partial charge in [0.15, 0.2) is 5.65 Å². The van der Waals surface area contributed by atoms with Crippen LogP contribution in [0, 0.1) is 6.92 Å². The van der Waals surface area contributed by atoms with Gasteiger partial charge in [-0.3, -0.25) is 4.40 Å². The number of nitrogens with zero attached hydrogens (tertiary/aromatic N) is 5. The summed E-state index contributed by atoms with van der Waals surface area (Å²) in [5.74, 6) is 1.57. The Kier molecular flexibility index (Phi) is 3.51. The molecule has 0 aliphatic heterocycles. The van der Waals surface area contributed by atoms with Crippen LogP contribution in [0.1, 0.15) is 12.7 Å². The minimum Gasteiger partial charge on any atom is -0.370 e. The Morgan fingerprint density at radius 2 is 2.15 bits per heavy atom. The lowest BCUT2D eigenvalue weighted by Gasteiger charge is -2.05. The zero-order valence-electron chi connectivity index (χ0n) is 11.2. The molecule has 0 fully saturated rings. The van der Waals surface area contributed by atoms with Crippen molar-refractivity contribution in [3.63, 3.8) is 0 Å². The fourth-order valence-corrected chi connectivity index (χ4v) is 2.72. The van der Waals surface area contributed by atoms with Crippen LogP contribution >= 0.6 is 11.8 Å². The summed E-state index contributed by atoms with van der Waals surface area (Å²) in [6.45, 7) is 4.75. The fraction of sp³-hybridized carbons (Fsp3) is 0.231. The van der Waals surface area contributed by atoms with Crippen molar-refractivity contribution >= 4 is 23.2 Å². The molecule has 0 aliphatic carbocycles. The quantitative estimate of drug-likeness (QED) is 0.743. The molecule has 0 saturated heterocycles. The topological polar surface area (TPSA) is 68.0 Å². The summed E-state index contributed by atoms with van der Waals surface area (Å²) in [4.78, 5) is 8.77. The summed E-state index contributed by atoms with van der Waals surface area (Å²) in [5.41, 5.74) is 0.827. The number of hydrogen-bond donors (Lipinski definition) is 1. The summed E-state index contributed by atoms with van der Waals surface area (Å²) in [7, 11) is 0. The van der Waals surface area contributed by atoms with E-state index in [4.69, 9.17) is 0 Å². The second-order valence-corrected chi connectivity index (χ2v) is 5.17. The van der Waals surface area contributed by atoms with Crippen molar-refractivity contribution in [2.45, 2.75) is 24.0 Å². The average molecular weight is 286 g/mol. The molecule has 1 N–H and O–H groups in total. The molecule has 6 nitrogen and oxygen atoms in total. The van der Waals surface area contributed by atoms with Gasteiger partial charge in [0.25, 0.3) is 0 Å². The average Bonchev–Trinajstić information content (AvgIpc) is 2.82. The number of pyridine rings is 1. The van der Waals surface area contributed by atoms with Crippen molar-refractivity contribution in [3.05, 3.63) is 36.3 Å². The maximum absolute atomic E-state index is 4.43. The van der Waals surface area contributed by atoms with Gasteiger partial charge in [0.1, 0.15) is 16.7 Å². The van der Waals surface area contributed by atoms with Crippen LogP contribution in [-0.2, 0) is 0 Å². The predicted molar refractivity (Wildman–Crippen MR) is 78.0 cm³/mol. The highest BCUT2D eigenvalue weighted by Crippen LogP contribution is 2.26. The number of fused-ring (bicyclic) bond motifs is 1. The van der Waals surface area contributed by atoms with Gasteiger partial charge in [-0.2, -0.15) is 0 Å². The van der Waals surface area contributed by atoms with Crippen molar-refractivity contribution in [2.75, 3.05) is 11.9 Å². The smallest absolute Gasteiger partial charge is 0.201 e. The first kappa shape index (κ1) is 12.9. The van der Waals surface area contributed by atoms with Crippen LogP contribution < -0.4 is 5.32 Å². The molecule has 3 aromatic rings. The van der Waals surface area contributed by atoms with E-state index in [0.717, 1.165) is 34.0 Å². The lowest BCUT2D eigenvalue weighted by Crippen LogP contribution is -2.02. The molecule has 0 bridgehead atoms. The summed E-state index contributed by atoms with van der Waals surface area (Å²) < 4.78 is 1.94. The van der Waals surface area contributed by atoms with Crippen LogP contribution in [0.25, 0.3) is 5.65 Å². The number of rotatable bonds is 4. The molecule has 20 heavy (non-hydrogen) atoms. The summed E-state index contributed by atoms with van der Waals surface area (Å²) in [5, 5.41) is 13.2. The van der Waals surface area contributed by atoms with Crippen molar-refractivity contribution < 1.29 is 0 Å². The van der Waals surface area contributed by atoms with Crippen molar-refractivity contribution in [3.8, 4) is 0 Å². The van der Waals surface area contributed by atoms with E-state index in [1.165, 1.54) is 11.8 Å². The molecule has 0 saturated carbocycles. The molecule has 3 heterocycles. The molecule has 3 rings (SSSR count). The molecule has 0 aromatic carbocycles. The van der Waals surface area contributed by atoms with Gasteiger partial charge in [0.2, 0.25) is 5.16 Å². The summed E-state index contributed by atoms with van der Waals surface area (Å²) >= 11 is 1.48. The van der Waals surface area contributed by atoms with Crippen molar-refractivity contribution in [2.24, 2.45) is 0 Å². The SMILES string of the molecule is CCNc1cc(Sc2nnc3ccccn23)nc(C)n1. The highest BCUT2D eigenvalue weighted by atomic mass is 32.2. The molecule has 0 spiro atoms. The summed E-state index contributed by atoms with van der Waals surface area (Å²) in [6.07, 6.45) is 1.94. The third-order valence-electron chi connectivity index (χ3n) is 2.65. The molecule has 0 atom stereocenters. The lowest BCUT2D eigenvalue weighted by molar-refractivity contribution is 0.907. The monoisotopic (exact) mass is 286 g/mol. The second kappa shape index (κ2) is 5.46. The normalized spacial score (nSPS) is 10.9. The van der Waals surface area contributed by atoms with Gasteiger partial charge in [-0.25, -0.2) is 9.97 Å². The lowest BCUT2D eigenvalue weighted by atomic mass is 10.5. The van der Waals surface area contributed by atoms with Gasteiger partial charge in [-0.1, -0.05) is 6.07 Å². The van der Waals surface area contributed by atoms with E-state index in [-0.39, 0.29) is 0 Å². The van der Waals surface area contributed by atoms with Gasteiger partial charge in [-0.15, -0.1) is 10.2 Å². The zero-order valence-corrected chi connectivity index (χ0v) is 12.1. The van der Waals surface area contributed by atoms with Crippen LogP contribution in [0.4, 0.5) is 5.82 Å². The Morgan fingerprint density at radius 1 is 1.25 bits per heavy atom. The molecule has 0 radical (unpaired) electrons. The molecule has 7 heteroatoms. The Balaban J connectivity index is 1.94. The van der Waals surface area contributed by atoms with Gasteiger partial charge >= 0.3 is 0 Å². The number of aryl methyl sites for hydroxylation is 1. The Hall–Kier alpha value is -2.15. The van der Waals surface area contributed by atoms with Crippen LogP contribution in [0.3, 0.4) is 0 Å². The van der Waals surface area contributed by atoms with Crippen molar-refractivity contribution in [1.29, 1.82) is 0 Å².